The van der Waals surface area contributed by atoms with Crippen LogP contribution in [0.4, 0.5) is 19.0 Å². The number of hydrogen-bond acceptors (Lipinski definition) is 10. The maximum absolute atomic E-state index is 13.6. The van der Waals surface area contributed by atoms with Crippen LogP contribution in [0.2, 0.25) is 0 Å². The van der Waals surface area contributed by atoms with E-state index in [2.05, 4.69) is 14.7 Å². The molecule has 1 aliphatic rings. The van der Waals surface area contributed by atoms with Crippen LogP contribution >= 0.6 is 0 Å². The molecule has 16 heteroatoms. The molecule has 0 radical (unpaired) electrons. The molecule has 1 aromatic carbocycles. The van der Waals surface area contributed by atoms with Gasteiger partial charge in [0.15, 0.2) is 0 Å². The molecule has 0 atom stereocenters. The molecule has 0 saturated carbocycles. The molecule has 1 aliphatic heterocycles. The number of hydrogen-bond donors (Lipinski definition) is 2. The summed E-state index contributed by atoms with van der Waals surface area (Å²) in [5, 5.41) is 18.0. The molecule has 2 aromatic heterocycles. The fraction of sp³-hybridized carbons (Fsp3) is 0.333. The summed E-state index contributed by atoms with van der Waals surface area (Å²) < 4.78 is 70.3. The Hall–Kier alpha value is -5.04. The maximum Gasteiger partial charge on any atom is 0.340 e. The van der Waals surface area contributed by atoms with Crippen LogP contribution in [0.1, 0.15) is 63.0 Å². The Morgan fingerprint density at radius 2 is 1.74 bits per heavy atom. The molecular weight excluding hydrogens is 631 g/mol. The molecule has 12 nitrogen and oxygen atoms in total. The highest BCUT2D eigenvalue weighted by Crippen LogP contribution is 2.27. The van der Waals surface area contributed by atoms with E-state index in [1.165, 1.54) is 36.5 Å². The highest BCUT2D eigenvalue weighted by Gasteiger charge is 2.30. The van der Waals surface area contributed by atoms with Crippen molar-refractivity contribution in [2.24, 2.45) is 5.92 Å². The summed E-state index contributed by atoms with van der Waals surface area (Å²) in [6, 6.07) is 10.9. The quantitative estimate of drug-likeness (QED) is 0.302. The molecule has 0 unspecified atom stereocenters. The molecule has 46 heavy (non-hydrogen) atoms. The summed E-state index contributed by atoms with van der Waals surface area (Å²) in [5.41, 5.74) is 0.0380. The van der Waals surface area contributed by atoms with Crippen molar-refractivity contribution in [3.05, 3.63) is 88.1 Å². The zero-order valence-corrected chi connectivity index (χ0v) is 25.4. The number of ether oxygens (including phenoxy) is 1. The number of carbonyl (C=O) groups is 3. The summed E-state index contributed by atoms with van der Waals surface area (Å²) in [6.07, 6.45) is 1.91. The number of pyridine rings is 2. The minimum absolute atomic E-state index is 0.0278. The van der Waals surface area contributed by atoms with Gasteiger partial charge in [0.2, 0.25) is 15.9 Å². The first-order valence-electron chi connectivity index (χ1n) is 13.9. The first-order valence-corrected chi connectivity index (χ1v) is 15.5. The number of sulfonamides is 1. The molecule has 0 spiro atoms. The number of anilines is 1. The second kappa shape index (κ2) is 16.3. The van der Waals surface area contributed by atoms with E-state index in [1.54, 1.807) is 11.8 Å². The second-order valence-electron chi connectivity index (χ2n) is 9.87. The van der Waals surface area contributed by atoms with Crippen LogP contribution in [0, 0.1) is 23.1 Å². The number of nitriles is 1. The smallest absolute Gasteiger partial charge is 0.340 e. The molecule has 3 heterocycles. The number of nitrogens with zero attached hydrogens (tertiary/aromatic N) is 4. The maximum atomic E-state index is 13.6. The minimum Gasteiger partial charge on any atom is -0.478 e. The van der Waals surface area contributed by atoms with Crippen molar-refractivity contribution in [1.29, 1.82) is 5.26 Å². The number of esters is 1. The fourth-order valence-corrected chi connectivity index (χ4v) is 5.69. The lowest BCUT2D eigenvalue weighted by atomic mass is 9.96. The van der Waals surface area contributed by atoms with Gasteiger partial charge in [0, 0.05) is 25.2 Å². The number of amides is 1. The van der Waals surface area contributed by atoms with Gasteiger partial charge in [-0.15, -0.1) is 0 Å². The van der Waals surface area contributed by atoms with Crippen molar-refractivity contribution in [2.45, 2.75) is 38.9 Å². The minimum atomic E-state index is -3.98. The van der Waals surface area contributed by atoms with Gasteiger partial charge in [0.25, 0.3) is 0 Å². The molecule has 0 bridgehead atoms. The number of piperidine rings is 1. The Bertz CT molecular complexity index is 1710. The van der Waals surface area contributed by atoms with E-state index in [4.69, 9.17) is 9.84 Å². The zero-order valence-electron chi connectivity index (χ0n) is 24.6. The van der Waals surface area contributed by atoms with Gasteiger partial charge in [-0.1, -0.05) is 12.1 Å². The highest BCUT2D eigenvalue weighted by molar-refractivity contribution is 7.89. The third-order valence-corrected chi connectivity index (χ3v) is 7.99. The van der Waals surface area contributed by atoms with Gasteiger partial charge in [-0.3, -0.25) is 14.5 Å². The topological polar surface area (TPSA) is 180 Å². The van der Waals surface area contributed by atoms with Gasteiger partial charge in [-0.2, -0.15) is 5.26 Å². The molecule has 244 valence electrons. The Morgan fingerprint density at radius 1 is 1.09 bits per heavy atom. The Kier molecular flexibility index (Phi) is 12.6. The van der Waals surface area contributed by atoms with Crippen molar-refractivity contribution in [1.82, 2.24) is 14.7 Å². The lowest BCUT2D eigenvalue weighted by Gasteiger charge is -2.32. The predicted octanol–water partition coefficient (Wildman–Crippen LogP) is 3.85. The van der Waals surface area contributed by atoms with E-state index >= 15 is 0 Å². The molecule has 1 fully saturated rings. The van der Waals surface area contributed by atoms with Gasteiger partial charge in [0.05, 0.1) is 40.4 Å². The van der Waals surface area contributed by atoms with Crippen molar-refractivity contribution in [2.75, 3.05) is 24.6 Å². The van der Waals surface area contributed by atoms with E-state index in [0.29, 0.717) is 5.56 Å². The monoisotopic (exact) mass is 661 g/mol. The molecule has 4 rings (SSSR count). The van der Waals surface area contributed by atoms with E-state index in [9.17, 15) is 41.2 Å². The van der Waals surface area contributed by atoms with Crippen LogP contribution in [0.25, 0.3) is 0 Å². The van der Waals surface area contributed by atoms with Gasteiger partial charge >= 0.3 is 11.9 Å². The average Bonchev–Trinajstić information content (AvgIpc) is 3.05. The van der Waals surface area contributed by atoms with Crippen molar-refractivity contribution < 1.29 is 45.8 Å². The number of carbonyl (C=O) groups excluding carboxylic acids is 2. The summed E-state index contributed by atoms with van der Waals surface area (Å²) in [4.78, 5) is 44.5. The Balaban J connectivity index is 0.000000441. The lowest BCUT2D eigenvalue weighted by Crippen LogP contribution is -2.43. The van der Waals surface area contributed by atoms with Crippen LogP contribution in [0.5, 0.6) is 0 Å². The lowest BCUT2D eigenvalue weighted by molar-refractivity contribution is -0.123. The number of alkyl halides is 2. The van der Waals surface area contributed by atoms with Crippen molar-refractivity contribution in [3.8, 4) is 6.07 Å². The number of halogens is 3. The van der Waals surface area contributed by atoms with E-state index in [-0.39, 0.29) is 66.4 Å². The zero-order chi connectivity index (χ0) is 33.9. The van der Waals surface area contributed by atoms with Crippen LogP contribution in [-0.4, -0.2) is 61.0 Å². The average molecular weight is 662 g/mol. The van der Waals surface area contributed by atoms with E-state index in [0.717, 1.165) is 12.1 Å². The van der Waals surface area contributed by atoms with Crippen molar-refractivity contribution >= 4 is 33.7 Å². The summed E-state index contributed by atoms with van der Waals surface area (Å²) >= 11 is 0. The molecule has 3 aromatic rings. The molecular formula is C30H30F3N5O7S. The Morgan fingerprint density at radius 3 is 2.28 bits per heavy atom. The Labute approximate surface area is 262 Å². The molecule has 2 N–H and O–H groups in total. The highest BCUT2D eigenvalue weighted by atomic mass is 32.2. The van der Waals surface area contributed by atoms with E-state index in [1.807, 2.05) is 6.07 Å². The van der Waals surface area contributed by atoms with Crippen LogP contribution in [0.3, 0.4) is 0 Å². The third kappa shape index (κ3) is 9.48. The number of benzene rings is 1. The number of nitrogens with one attached hydrogen (secondary N) is 1. The first kappa shape index (κ1) is 35.4. The van der Waals surface area contributed by atoms with Gasteiger partial charge in [-0.05, 0) is 55.7 Å². The first-order chi connectivity index (χ1) is 21.9. The number of carboxylic acids is 1. The standard InChI is InChI=1S/C23H24F2N4O5S.C7H6FNO2/c1-2-34-23(31)19-11-17(13-26)21(27-20(19)12-24)29-9-7-16(8-10-29)22(30)28-35(32,33)14-15-3-5-18(25)6-4-15;8-4-6-5(7(10)11)2-1-3-9-6/h3-6,11,16H,2,7-10,12,14H2,1H3,(H,28,30);1-3H,4H2,(H,10,11). The number of carboxylic acid groups (broad SMARTS) is 1. The predicted molar refractivity (Wildman–Crippen MR) is 158 cm³/mol. The summed E-state index contributed by atoms with van der Waals surface area (Å²) in [6.45, 7) is 0.350. The largest absolute Gasteiger partial charge is 0.478 e. The third-order valence-electron chi connectivity index (χ3n) is 6.76. The van der Waals surface area contributed by atoms with Crippen LogP contribution < -0.4 is 9.62 Å². The fourth-order valence-electron chi connectivity index (χ4n) is 4.52. The molecule has 1 saturated heterocycles. The van der Waals surface area contributed by atoms with Crippen molar-refractivity contribution in [3.63, 3.8) is 0 Å². The second-order valence-corrected chi connectivity index (χ2v) is 11.6. The van der Waals surface area contributed by atoms with Crippen LogP contribution in [0.15, 0.2) is 48.7 Å². The number of aromatic nitrogens is 2. The summed E-state index contributed by atoms with van der Waals surface area (Å²) in [5.74, 6) is -3.94. The number of rotatable bonds is 10. The van der Waals surface area contributed by atoms with Gasteiger partial charge < -0.3 is 14.7 Å². The van der Waals surface area contributed by atoms with Gasteiger partial charge in [-0.25, -0.2) is 36.2 Å². The normalized spacial score (nSPS) is 13.2. The van der Waals surface area contributed by atoms with Crippen LogP contribution in [-0.2, 0) is 38.7 Å². The van der Waals surface area contributed by atoms with Gasteiger partial charge in [0.1, 0.15) is 31.1 Å². The summed E-state index contributed by atoms with van der Waals surface area (Å²) in [7, 11) is -3.98. The SMILES string of the molecule is CCOC(=O)c1cc(C#N)c(N2CCC(C(=O)NS(=O)(=O)Cc3ccc(F)cc3)CC2)nc1CF.O=C(O)c1cccnc1CF. The number of aromatic carboxylic acids is 1. The molecule has 1 amide bonds. The van der Waals surface area contributed by atoms with E-state index < -0.39 is 58.7 Å². The molecule has 0 aliphatic carbocycles.